The maximum absolute atomic E-state index is 8.87. The first-order valence-corrected chi connectivity index (χ1v) is 32.2. The number of fused-ring (bicyclic) bond motifs is 3. The van der Waals surface area contributed by atoms with Crippen molar-refractivity contribution < 1.29 is 33.0 Å². The van der Waals surface area contributed by atoms with Crippen LogP contribution in [-0.2, 0) is 20.8 Å². The van der Waals surface area contributed by atoms with Crippen LogP contribution in [0.15, 0.2) is 146 Å². The molecule has 0 radical (unpaired) electrons. The highest BCUT2D eigenvalue weighted by Crippen LogP contribution is 2.42. The van der Waals surface area contributed by atoms with E-state index in [9.17, 15) is 0 Å². The van der Waals surface area contributed by atoms with Gasteiger partial charge in [0, 0.05) is 109 Å². The summed E-state index contributed by atoms with van der Waals surface area (Å²) in [5, 5.41) is 26.6. The van der Waals surface area contributed by atoms with Crippen LogP contribution in [0, 0.1) is 54.8 Å². The molecule has 9 rings (SSSR count). The molecule has 0 saturated carbocycles. The van der Waals surface area contributed by atoms with Crippen LogP contribution < -0.4 is 29.4 Å². The molecule has 0 N–H and O–H groups in total. The molecule has 3 heterocycles. The van der Waals surface area contributed by atoms with Crippen LogP contribution in [-0.4, -0.2) is 91.3 Å². The summed E-state index contributed by atoms with van der Waals surface area (Å²) in [6.45, 7) is 31.7. The third-order valence-corrected chi connectivity index (χ3v) is 17.6. The molecule has 0 saturated heterocycles. The number of para-hydroxylation sites is 3. The third kappa shape index (κ3) is 16.8. The van der Waals surface area contributed by atoms with Crippen LogP contribution in [0.5, 0.6) is 0 Å². The van der Waals surface area contributed by atoms with E-state index in [-0.39, 0.29) is 16.2 Å². The van der Waals surface area contributed by atoms with Crippen LogP contribution in [0.25, 0.3) is 18.2 Å². The number of allylic oxidation sites excluding steroid dienone is 3. The minimum absolute atomic E-state index is 0.00794. The van der Waals surface area contributed by atoms with E-state index in [1.54, 1.807) is 0 Å². The van der Waals surface area contributed by atoms with Gasteiger partial charge in [-0.3, -0.25) is 0 Å². The standard InChI is InChI=1S/3C25H30N3.H3O4P/c3*1-6-28(17-9-16-26)21-14-12-20(19(2)18-21)13-15-24-25(3,4)22-10-7-8-11-23(22)27(24)5;1-5(2,3)4/h3*7-8,10-15,18H,6,9,17H2,1-5H3;(H3,1,2,3,4)/q3*+1;/p-3. The van der Waals surface area contributed by atoms with Gasteiger partial charge in [-0.05, 0) is 171 Å². The highest BCUT2D eigenvalue weighted by Gasteiger charge is 2.44. The minimum Gasteiger partial charge on any atom is -0.822 e. The largest absolute Gasteiger partial charge is 0.822 e. The van der Waals surface area contributed by atoms with Gasteiger partial charge in [-0.2, -0.15) is 37.3 Å². The second-order valence-electron chi connectivity index (χ2n) is 24.3. The van der Waals surface area contributed by atoms with E-state index in [1.807, 2.05) is 0 Å². The molecule has 14 heteroatoms. The van der Waals surface area contributed by atoms with E-state index >= 15 is 0 Å². The first-order chi connectivity index (χ1) is 42.2. The van der Waals surface area contributed by atoms with Crippen LogP contribution >= 0.6 is 7.82 Å². The Morgan fingerprint density at radius 1 is 0.427 bits per heavy atom. The Morgan fingerprint density at radius 3 is 0.865 bits per heavy atom. The molecule has 0 spiro atoms. The summed E-state index contributed by atoms with van der Waals surface area (Å²) < 4.78 is 15.5. The summed E-state index contributed by atoms with van der Waals surface area (Å²) >= 11 is 0. The van der Waals surface area contributed by atoms with Crippen molar-refractivity contribution in [1.29, 1.82) is 15.8 Å². The number of rotatable bonds is 18. The van der Waals surface area contributed by atoms with E-state index in [2.05, 4.69) is 315 Å². The molecule has 3 aliphatic rings. The van der Waals surface area contributed by atoms with Crippen LogP contribution in [0.3, 0.4) is 0 Å². The van der Waals surface area contributed by atoms with Crippen LogP contribution in [0.1, 0.15) is 132 Å². The topological polar surface area (TPSA) is 176 Å². The number of nitrogens with zero attached hydrogens (tertiary/aromatic N) is 9. The summed E-state index contributed by atoms with van der Waals surface area (Å²) in [7, 11) is 1.06. The molecule has 0 aliphatic carbocycles. The first kappa shape index (κ1) is 69.6. The number of aryl methyl sites for hydroxylation is 3. The molecule has 0 unspecified atom stereocenters. The van der Waals surface area contributed by atoms with Crippen molar-refractivity contribution in [3.05, 3.63) is 196 Å². The van der Waals surface area contributed by atoms with Crippen molar-refractivity contribution in [1.82, 2.24) is 0 Å². The summed E-state index contributed by atoms with van der Waals surface area (Å²) in [6.07, 6.45) is 15.1. The normalized spacial score (nSPS) is 14.8. The Balaban J connectivity index is 0.000000205. The lowest BCUT2D eigenvalue weighted by atomic mass is 9.81. The van der Waals surface area contributed by atoms with Crippen molar-refractivity contribution in [2.24, 2.45) is 0 Å². The van der Waals surface area contributed by atoms with Gasteiger partial charge in [0.15, 0.2) is 17.1 Å². The number of nitriles is 3. The summed E-state index contributed by atoms with van der Waals surface area (Å²) in [5.74, 6) is 0. The minimum atomic E-state index is -5.39. The van der Waals surface area contributed by atoms with Gasteiger partial charge in [0.2, 0.25) is 17.1 Å². The SMILES string of the molecule is CCN(CCC#N)c1ccc(/C=C/C2=[N+](C)c3ccccc3C2(C)C)c(C)c1.CCN(CCC#N)c1ccc(/C=C/C2=[N+](C)c3ccccc3C2(C)C)c(C)c1.CCN(CCC#N)c1ccc(/C=C/C2=[N+](C)c3ccccc3C2(C)C)c(C)c1.O=P([O-])([O-])[O-]. The summed E-state index contributed by atoms with van der Waals surface area (Å²) in [6, 6.07) is 52.4. The number of benzene rings is 6. The van der Waals surface area contributed by atoms with Gasteiger partial charge in [-0.15, -0.1) is 0 Å². The molecule has 0 fully saturated rings. The number of hydrogen-bond donors (Lipinski definition) is 0. The van der Waals surface area contributed by atoms with Gasteiger partial charge < -0.3 is 33.9 Å². The predicted octanol–water partition coefficient (Wildman–Crippen LogP) is 13.5. The number of hydrogen-bond acceptors (Lipinski definition) is 10. The van der Waals surface area contributed by atoms with Crippen molar-refractivity contribution in [3.8, 4) is 18.2 Å². The molecule has 464 valence electrons. The molecule has 6 aromatic rings. The molecule has 6 aromatic carbocycles. The average molecular weight is 1210 g/mol. The Labute approximate surface area is 531 Å². The second-order valence-corrected chi connectivity index (χ2v) is 25.2. The van der Waals surface area contributed by atoms with Gasteiger partial charge in [-0.1, -0.05) is 72.8 Å². The van der Waals surface area contributed by atoms with Crippen molar-refractivity contribution >= 4 is 77.3 Å². The van der Waals surface area contributed by atoms with Gasteiger partial charge in [0.25, 0.3) is 0 Å². The highest BCUT2D eigenvalue weighted by atomic mass is 31.2. The molecule has 0 amide bonds. The zero-order chi connectivity index (χ0) is 65.4. The maximum atomic E-state index is 8.87. The van der Waals surface area contributed by atoms with Gasteiger partial charge in [0.05, 0.1) is 53.7 Å². The zero-order valence-corrected chi connectivity index (χ0v) is 56.0. The lowest BCUT2D eigenvalue weighted by Crippen LogP contribution is -2.26. The molecule has 0 bridgehead atoms. The number of anilines is 3. The molecule has 0 atom stereocenters. The molecule has 13 nitrogen and oxygen atoms in total. The molecule has 0 aromatic heterocycles. The van der Waals surface area contributed by atoms with Gasteiger partial charge >= 0.3 is 0 Å². The van der Waals surface area contributed by atoms with Crippen LogP contribution in [0.2, 0.25) is 0 Å². The van der Waals surface area contributed by atoms with E-state index in [4.69, 9.17) is 35.0 Å². The molecular weight excluding hydrogens is 1120 g/mol. The fourth-order valence-corrected chi connectivity index (χ4v) is 12.5. The Hall–Kier alpha value is -8.47. The fourth-order valence-electron chi connectivity index (χ4n) is 12.5. The van der Waals surface area contributed by atoms with Crippen molar-refractivity contribution in [2.45, 2.75) is 119 Å². The Bertz CT molecular complexity index is 3500. The lowest BCUT2D eigenvalue weighted by molar-refractivity contribution is -0.432. The molecular formula is C75H90N9O4P. The highest BCUT2D eigenvalue weighted by molar-refractivity contribution is 7.40. The predicted molar refractivity (Wildman–Crippen MR) is 364 cm³/mol. The quantitative estimate of drug-likeness (QED) is 0.0594. The smallest absolute Gasteiger partial charge is 0.209 e. The lowest BCUT2D eigenvalue weighted by Gasteiger charge is -2.36. The number of phosphoric acid groups is 1. The van der Waals surface area contributed by atoms with E-state index in [1.165, 1.54) is 101 Å². The Morgan fingerprint density at radius 2 is 0.663 bits per heavy atom. The Kier molecular flexibility index (Phi) is 24.0. The third-order valence-electron chi connectivity index (χ3n) is 17.6. The monoisotopic (exact) mass is 1210 g/mol. The first-order valence-electron chi connectivity index (χ1n) is 30.8. The zero-order valence-electron chi connectivity index (χ0n) is 55.1. The van der Waals surface area contributed by atoms with E-state index in [0.29, 0.717) is 19.3 Å². The summed E-state index contributed by atoms with van der Waals surface area (Å²) in [4.78, 5) is 32.4. The summed E-state index contributed by atoms with van der Waals surface area (Å²) in [5.41, 5.74) is 22.9. The van der Waals surface area contributed by atoms with Crippen LogP contribution in [0.4, 0.5) is 34.1 Å². The van der Waals surface area contributed by atoms with E-state index < -0.39 is 7.82 Å². The maximum Gasteiger partial charge on any atom is 0.209 e. The molecule has 89 heavy (non-hydrogen) atoms. The van der Waals surface area contributed by atoms with Crippen molar-refractivity contribution in [2.75, 3.05) is 75.1 Å². The van der Waals surface area contributed by atoms with Gasteiger partial charge in [0.1, 0.15) is 21.1 Å². The van der Waals surface area contributed by atoms with E-state index in [0.717, 1.165) is 39.3 Å². The molecule has 3 aliphatic heterocycles. The van der Waals surface area contributed by atoms with Gasteiger partial charge in [-0.25, -0.2) is 0 Å². The average Bonchev–Trinajstić information content (AvgIpc) is 1.68. The second kappa shape index (κ2) is 30.6. The van der Waals surface area contributed by atoms with Crippen molar-refractivity contribution in [3.63, 3.8) is 0 Å². The fraction of sp³-hybridized carbons (Fsp3) is 0.360.